The number of allylic oxidation sites excluding steroid dienone is 1. The first-order chi connectivity index (χ1) is 13.5. The summed E-state index contributed by atoms with van der Waals surface area (Å²) in [4.78, 5) is 39.5. The minimum Gasteiger partial charge on any atom is -0.366 e. The Hall–Kier alpha value is -3.45. The van der Waals surface area contributed by atoms with Crippen LogP contribution in [0.15, 0.2) is 36.4 Å². The van der Waals surface area contributed by atoms with E-state index in [1.54, 1.807) is 30.3 Å². The summed E-state index contributed by atoms with van der Waals surface area (Å²) in [6.45, 7) is 1.34. The fourth-order valence-corrected chi connectivity index (χ4v) is 3.62. The second-order valence-corrected chi connectivity index (χ2v) is 6.82. The van der Waals surface area contributed by atoms with Gasteiger partial charge in [-0.25, -0.2) is 0 Å². The molecule has 0 spiro atoms. The summed E-state index contributed by atoms with van der Waals surface area (Å²) in [5.74, 6) is -0.747. The van der Waals surface area contributed by atoms with Crippen LogP contribution < -0.4 is 16.4 Å². The Bertz CT molecular complexity index is 1030. The van der Waals surface area contributed by atoms with E-state index < -0.39 is 5.91 Å². The van der Waals surface area contributed by atoms with Crippen LogP contribution in [0.1, 0.15) is 50.5 Å². The van der Waals surface area contributed by atoms with Crippen molar-refractivity contribution >= 4 is 34.9 Å². The van der Waals surface area contributed by atoms with Gasteiger partial charge in [0.05, 0.1) is 5.56 Å². The van der Waals surface area contributed by atoms with E-state index in [2.05, 4.69) is 15.6 Å². The lowest BCUT2D eigenvalue weighted by molar-refractivity contribution is -0.111. The van der Waals surface area contributed by atoms with Crippen LogP contribution in [0.5, 0.6) is 0 Å². The number of Topliss-reactive ketones (excluding diaryl/α,β-unsaturated/α-hetero) is 1. The van der Waals surface area contributed by atoms with E-state index in [0.717, 1.165) is 22.5 Å². The predicted octanol–water partition coefficient (Wildman–Crippen LogP) is 2.23. The zero-order valence-electron chi connectivity index (χ0n) is 15.2. The highest BCUT2D eigenvalue weighted by Gasteiger charge is 2.27. The molecular formula is C21H20N4O3. The molecule has 0 atom stereocenters. The monoisotopic (exact) mass is 376 g/mol. The molecule has 0 bridgehead atoms. The number of carbonyl (C=O) groups is 3. The van der Waals surface area contributed by atoms with E-state index in [4.69, 9.17) is 5.73 Å². The summed E-state index contributed by atoms with van der Waals surface area (Å²) in [6, 6.07) is 6.38. The van der Waals surface area contributed by atoms with Crippen molar-refractivity contribution in [2.24, 2.45) is 5.73 Å². The number of benzene rings is 1. The molecule has 0 saturated carbocycles. The minimum absolute atomic E-state index is 0.0604. The summed E-state index contributed by atoms with van der Waals surface area (Å²) < 4.78 is 0. The molecule has 7 nitrogen and oxygen atoms in total. The lowest BCUT2D eigenvalue weighted by Gasteiger charge is -2.10. The molecule has 0 saturated heterocycles. The van der Waals surface area contributed by atoms with Crippen molar-refractivity contribution in [2.45, 2.75) is 19.4 Å². The fourth-order valence-electron chi connectivity index (χ4n) is 3.62. The zero-order valence-corrected chi connectivity index (χ0v) is 15.2. The SMILES string of the molecule is NC(=O)c1ccc(NC(=O)C=C2CCNCc3[nH]c4c(c32)C(=O)CC=C4)cc1. The van der Waals surface area contributed by atoms with Gasteiger partial charge in [0, 0.05) is 47.2 Å². The number of hydrogen-bond acceptors (Lipinski definition) is 4. The van der Waals surface area contributed by atoms with Crippen molar-refractivity contribution < 1.29 is 14.4 Å². The normalized spacial score (nSPS) is 17.0. The Morgan fingerprint density at radius 2 is 1.93 bits per heavy atom. The maximum Gasteiger partial charge on any atom is 0.248 e. The molecule has 7 heteroatoms. The molecule has 28 heavy (non-hydrogen) atoms. The standard InChI is InChI=1S/C21H20N4O3/c22-21(28)12-4-6-14(7-5-12)24-18(27)10-13-8-9-23-11-16-19(13)20-15(25-16)2-1-3-17(20)26/h1-2,4-7,10,23,25H,3,8-9,11H2,(H2,22,28)(H,24,27). The van der Waals surface area contributed by atoms with E-state index in [1.165, 1.54) is 0 Å². The van der Waals surface area contributed by atoms with Gasteiger partial charge in [-0.2, -0.15) is 0 Å². The molecule has 4 rings (SSSR count). The number of fused-ring (bicyclic) bond motifs is 3. The number of anilines is 1. The van der Waals surface area contributed by atoms with E-state index in [-0.39, 0.29) is 11.7 Å². The van der Waals surface area contributed by atoms with Crippen molar-refractivity contribution in [3.8, 4) is 0 Å². The topological polar surface area (TPSA) is 117 Å². The van der Waals surface area contributed by atoms with Gasteiger partial charge in [-0.3, -0.25) is 14.4 Å². The van der Waals surface area contributed by atoms with E-state index in [9.17, 15) is 14.4 Å². The first-order valence-electron chi connectivity index (χ1n) is 9.10. The maximum absolute atomic E-state index is 12.6. The number of aromatic nitrogens is 1. The Kier molecular flexibility index (Phi) is 4.67. The van der Waals surface area contributed by atoms with Crippen LogP contribution in [0.4, 0.5) is 5.69 Å². The highest BCUT2D eigenvalue weighted by atomic mass is 16.2. The average molecular weight is 376 g/mol. The Morgan fingerprint density at radius 1 is 1.14 bits per heavy atom. The first kappa shape index (κ1) is 17.9. The Balaban J connectivity index is 1.64. The van der Waals surface area contributed by atoms with Gasteiger partial charge in [-0.05, 0) is 48.9 Å². The summed E-state index contributed by atoms with van der Waals surface area (Å²) in [5, 5.41) is 6.11. The molecule has 2 aromatic rings. The van der Waals surface area contributed by atoms with Gasteiger partial charge in [0.25, 0.3) is 0 Å². The van der Waals surface area contributed by atoms with Gasteiger partial charge in [0.15, 0.2) is 5.78 Å². The number of primary amides is 1. The van der Waals surface area contributed by atoms with Crippen LogP contribution in [0, 0.1) is 0 Å². The molecule has 1 aliphatic heterocycles. The summed E-state index contributed by atoms with van der Waals surface area (Å²) in [5.41, 5.74) is 10.2. The number of amides is 2. The van der Waals surface area contributed by atoms with Crippen LogP contribution in [0.2, 0.25) is 0 Å². The van der Waals surface area contributed by atoms with Crippen LogP contribution in [0.3, 0.4) is 0 Å². The third kappa shape index (κ3) is 3.39. The van der Waals surface area contributed by atoms with Crippen LogP contribution in [0.25, 0.3) is 11.6 Å². The summed E-state index contributed by atoms with van der Waals surface area (Å²) in [7, 11) is 0. The number of aromatic amines is 1. The molecule has 5 N–H and O–H groups in total. The van der Waals surface area contributed by atoms with Gasteiger partial charge in [-0.1, -0.05) is 6.08 Å². The molecule has 0 fully saturated rings. The number of rotatable bonds is 3. The Labute approximate surface area is 161 Å². The fraction of sp³-hybridized carbons (Fsp3) is 0.190. The zero-order chi connectivity index (χ0) is 19.7. The van der Waals surface area contributed by atoms with Gasteiger partial charge < -0.3 is 21.4 Å². The van der Waals surface area contributed by atoms with Gasteiger partial charge in [0.1, 0.15) is 0 Å². The van der Waals surface area contributed by atoms with Crippen molar-refractivity contribution in [3.05, 3.63) is 64.5 Å². The van der Waals surface area contributed by atoms with Crippen LogP contribution >= 0.6 is 0 Å². The number of ketones is 1. The molecule has 0 unspecified atom stereocenters. The lowest BCUT2D eigenvalue weighted by Crippen LogP contribution is -2.13. The maximum atomic E-state index is 12.6. The minimum atomic E-state index is -0.519. The van der Waals surface area contributed by atoms with Gasteiger partial charge >= 0.3 is 0 Å². The van der Waals surface area contributed by atoms with Gasteiger partial charge in [0.2, 0.25) is 11.8 Å². The molecule has 2 amide bonds. The molecule has 1 aromatic carbocycles. The van der Waals surface area contributed by atoms with Crippen LogP contribution in [-0.2, 0) is 11.3 Å². The summed E-state index contributed by atoms with van der Waals surface area (Å²) in [6.07, 6.45) is 6.33. The van der Waals surface area contributed by atoms with Gasteiger partial charge in [-0.15, -0.1) is 0 Å². The van der Waals surface area contributed by atoms with E-state index in [0.29, 0.717) is 42.7 Å². The highest BCUT2D eigenvalue weighted by molar-refractivity contribution is 6.10. The van der Waals surface area contributed by atoms with E-state index >= 15 is 0 Å². The second-order valence-electron chi connectivity index (χ2n) is 6.82. The number of nitrogens with two attached hydrogens (primary N) is 1. The average Bonchev–Trinajstić information content (AvgIpc) is 2.94. The molecule has 1 aliphatic carbocycles. The molecular weight excluding hydrogens is 356 g/mol. The highest BCUT2D eigenvalue weighted by Crippen LogP contribution is 2.34. The molecule has 2 heterocycles. The van der Waals surface area contributed by atoms with Crippen molar-refractivity contribution in [1.29, 1.82) is 0 Å². The van der Waals surface area contributed by atoms with Crippen molar-refractivity contribution in [2.75, 3.05) is 11.9 Å². The first-order valence-corrected chi connectivity index (χ1v) is 9.10. The third-order valence-corrected chi connectivity index (χ3v) is 4.91. The largest absolute Gasteiger partial charge is 0.366 e. The Morgan fingerprint density at radius 3 is 2.68 bits per heavy atom. The number of hydrogen-bond donors (Lipinski definition) is 4. The molecule has 2 aliphatic rings. The quantitative estimate of drug-likeness (QED) is 0.615. The van der Waals surface area contributed by atoms with Crippen molar-refractivity contribution in [3.63, 3.8) is 0 Å². The van der Waals surface area contributed by atoms with Crippen LogP contribution in [-0.4, -0.2) is 29.1 Å². The second kappa shape index (κ2) is 7.28. The van der Waals surface area contributed by atoms with Crippen molar-refractivity contribution in [1.82, 2.24) is 10.3 Å². The lowest BCUT2D eigenvalue weighted by atomic mass is 9.92. The smallest absolute Gasteiger partial charge is 0.248 e. The number of H-pyrrole nitrogens is 1. The molecule has 1 aromatic heterocycles. The van der Waals surface area contributed by atoms with E-state index in [1.807, 2.05) is 12.2 Å². The number of carbonyl (C=O) groups excluding carboxylic acids is 3. The molecule has 142 valence electrons. The number of nitrogens with one attached hydrogen (secondary N) is 3. The third-order valence-electron chi connectivity index (χ3n) is 4.91. The molecule has 0 radical (unpaired) electrons. The summed E-state index contributed by atoms with van der Waals surface area (Å²) >= 11 is 0. The predicted molar refractivity (Wildman–Crippen MR) is 107 cm³/mol.